The standard InChI is InChI=1S/C24H23F4N3O3/c1-13-10-31-11-15(14-2-3-14)9-29-21(31)20(13)22(33)30-23(6-7-34-12-19(23)32)17-5-4-16(8-18(17)25)24(26,27)28/h4-5,8-11,14,19,32H,2-3,6-7,12H2,1H3,(H,30,33)/t19-,23+/m1/s1. The van der Waals surface area contributed by atoms with Gasteiger partial charge in [-0.15, -0.1) is 0 Å². The number of benzene rings is 1. The number of halogens is 4. The number of hydrogen-bond acceptors (Lipinski definition) is 4. The zero-order valence-corrected chi connectivity index (χ0v) is 18.3. The van der Waals surface area contributed by atoms with Gasteiger partial charge in [-0.25, -0.2) is 9.37 Å². The van der Waals surface area contributed by atoms with Crippen LogP contribution in [0, 0.1) is 12.7 Å². The van der Waals surface area contributed by atoms with E-state index in [0.717, 1.165) is 30.5 Å². The van der Waals surface area contributed by atoms with Crippen LogP contribution in [-0.2, 0) is 16.5 Å². The van der Waals surface area contributed by atoms with Crippen LogP contribution in [0.15, 0.2) is 36.8 Å². The Morgan fingerprint density at radius 3 is 2.71 bits per heavy atom. The maximum Gasteiger partial charge on any atom is 0.416 e. The summed E-state index contributed by atoms with van der Waals surface area (Å²) in [5.74, 6) is -1.30. The SMILES string of the molecule is Cc1cn2cc(C3CC3)cnc2c1C(=O)N[C@]1(c2ccc(C(F)(F)F)cc2F)CCOC[C@H]1O. The molecule has 2 atom stereocenters. The maximum absolute atomic E-state index is 15.0. The fraction of sp³-hybridized carbons (Fsp3) is 0.417. The maximum atomic E-state index is 15.0. The molecule has 0 spiro atoms. The molecule has 10 heteroatoms. The average molecular weight is 477 g/mol. The molecule has 3 heterocycles. The molecule has 1 aliphatic carbocycles. The Bertz CT molecular complexity index is 1270. The molecule has 34 heavy (non-hydrogen) atoms. The van der Waals surface area contributed by atoms with Gasteiger partial charge in [-0.1, -0.05) is 6.07 Å². The van der Waals surface area contributed by atoms with E-state index in [4.69, 9.17) is 4.74 Å². The van der Waals surface area contributed by atoms with E-state index in [9.17, 15) is 23.1 Å². The van der Waals surface area contributed by atoms with E-state index in [1.165, 1.54) is 0 Å². The van der Waals surface area contributed by atoms with Crippen molar-refractivity contribution in [2.45, 2.75) is 49.9 Å². The number of fused-ring (bicyclic) bond motifs is 1. The minimum Gasteiger partial charge on any atom is -0.388 e. The number of nitrogens with one attached hydrogen (secondary N) is 1. The summed E-state index contributed by atoms with van der Waals surface area (Å²) in [5, 5.41) is 13.5. The summed E-state index contributed by atoms with van der Waals surface area (Å²) in [6.45, 7) is 1.61. The molecule has 0 radical (unpaired) electrons. The van der Waals surface area contributed by atoms with Gasteiger partial charge in [0.2, 0.25) is 0 Å². The van der Waals surface area contributed by atoms with Gasteiger partial charge in [-0.2, -0.15) is 13.2 Å². The predicted molar refractivity (Wildman–Crippen MR) is 114 cm³/mol. The molecular formula is C24H23F4N3O3. The monoisotopic (exact) mass is 477 g/mol. The van der Waals surface area contributed by atoms with Gasteiger partial charge < -0.3 is 19.6 Å². The summed E-state index contributed by atoms with van der Waals surface area (Å²) in [6, 6.07) is 2.09. The van der Waals surface area contributed by atoms with E-state index in [2.05, 4.69) is 10.3 Å². The van der Waals surface area contributed by atoms with Crippen LogP contribution < -0.4 is 5.32 Å². The normalized spacial score (nSPS) is 23.3. The molecule has 2 aromatic heterocycles. The lowest BCUT2D eigenvalue weighted by Crippen LogP contribution is -2.59. The van der Waals surface area contributed by atoms with Crippen molar-refractivity contribution in [2.24, 2.45) is 0 Å². The van der Waals surface area contributed by atoms with Gasteiger partial charge >= 0.3 is 6.18 Å². The number of aryl methyl sites for hydroxylation is 1. The number of aliphatic hydroxyl groups is 1. The number of amides is 1. The molecule has 3 aromatic rings. The van der Waals surface area contributed by atoms with Crippen molar-refractivity contribution in [3.05, 3.63) is 70.4 Å². The van der Waals surface area contributed by atoms with Gasteiger partial charge in [0.1, 0.15) is 17.6 Å². The highest BCUT2D eigenvalue weighted by molar-refractivity contribution is 6.02. The molecule has 2 aliphatic rings. The Kier molecular flexibility index (Phi) is 5.40. The second kappa shape index (κ2) is 8.06. The summed E-state index contributed by atoms with van der Waals surface area (Å²) in [7, 11) is 0. The van der Waals surface area contributed by atoms with Gasteiger partial charge in [0.05, 0.1) is 23.3 Å². The van der Waals surface area contributed by atoms with E-state index in [-0.39, 0.29) is 30.8 Å². The molecule has 1 amide bonds. The highest BCUT2D eigenvalue weighted by atomic mass is 19.4. The van der Waals surface area contributed by atoms with Crippen molar-refractivity contribution in [1.29, 1.82) is 0 Å². The summed E-state index contributed by atoms with van der Waals surface area (Å²) in [6.07, 6.45) is 1.51. The van der Waals surface area contributed by atoms with E-state index < -0.39 is 35.1 Å². The first kappa shape index (κ1) is 22.8. The number of nitrogens with zero attached hydrogens (tertiary/aromatic N) is 2. The Morgan fingerprint density at radius 2 is 2.06 bits per heavy atom. The van der Waals surface area contributed by atoms with Crippen LogP contribution in [0.3, 0.4) is 0 Å². The van der Waals surface area contributed by atoms with Crippen molar-refractivity contribution in [3.8, 4) is 0 Å². The number of hydrogen-bond donors (Lipinski definition) is 2. The molecule has 0 bridgehead atoms. The first-order valence-electron chi connectivity index (χ1n) is 11.0. The molecule has 180 valence electrons. The molecule has 1 aromatic carbocycles. The van der Waals surface area contributed by atoms with E-state index >= 15 is 4.39 Å². The third-order valence-corrected chi connectivity index (χ3v) is 6.69. The Hall–Kier alpha value is -2.98. The third kappa shape index (κ3) is 3.84. The Labute approximate surface area is 192 Å². The summed E-state index contributed by atoms with van der Waals surface area (Å²) in [4.78, 5) is 17.9. The molecule has 2 N–H and O–H groups in total. The third-order valence-electron chi connectivity index (χ3n) is 6.69. The molecular weight excluding hydrogens is 454 g/mol. The highest BCUT2D eigenvalue weighted by Crippen LogP contribution is 2.40. The van der Waals surface area contributed by atoms with Gasteiger partial charge in [-0.3, -0.25) is 4.79 Å². The van der Waals surface area contributed by atoms with Crippen LogP contribution in [0.1, 0.15) is 57.8 Å². The number of alkyl halides is 3. The average Bonchev–Trinajstić information content (AvgIpc) is 3.56. The summed E-state index contributed by atoms with van der Waals surface area (Å²) in [5.41, 5.74) is -0.675. The van der Waals surface area contributed by atoms with E-state index in [0.29, 0.717) is 23.2 Å². The fourth-order valence-electron chi connectivity index (χ4n) is 4.69. The summed E-state index contributed by atoms with van der Waals surface area (Å²) >= 11 is 0. The molecule has 1 saturated heterocycles. The van der Waals surface area contributed by atoms with Gasteiger partial charge in [0.25, 0.3) is 5.91 Å². The smallest absolute Gasteiger partial charge is 0.388 e. The van der Waals surface area contributed by atoms with E-state index in [1.807, 2.05) is 6.20 Å². The van der Waals surface area contributed by atoms with Crippen LogP contribution in [-0.4, -0.2) is 39.7 Å². The largest absolute Gasteiger partial charge is 0.416 e. The minimum absolute atomic E-state index is 0.0215. The number of rotatable bonds is 4. The van der Waals surface area contributed by atoms with E-state index in [1.54, 1.807) is 23.7 Å². The minimum atomic E-state index is -4.72. The van der Waals surface area contributed by atoms with Gasteiger partial charge in [-0.05, 0) is 48.9 Å². The quantitative estimate of drug-likeness (QED) is 0.556. The van der Waals surface area contributed by atoms with Crippen LogP contribution in [0.2, 0.25) is 0 Å². The van der Waals surface area contributed by atoms with Gasteiger partial charge in [0, 0.05) is 37.2 Å². The van der Waals surface area contributed by atoms with Crippen molar-refractivity contribution < 1.29 is 32.2 Å². The number of aromatic nitrogens is 2. The van der Waals surface area contributed by atoms with Crippen LogP contribution >= 0.6 is 0 Å². The lowest BCUT2D eigenvalue weighted by Gasteiger charge is -2.42. The Morgan fingerprint density at radius 1 is 1.29 bits per heavy atom. The highest BCUT2D eigenvalue weighted by Gasteiger charge is 2.46. The fourth-order valence-corrected chi connectivity index (χ4v) is 4.69. The number of ether oxygens (including phenoxy) is 1. The van der Waals surface area contributed by atoms with Gasteiger partial charge in [0.15, 0.2) is 0 Å². The first-order chi connectivity index (χ1) is 16.1. The first-order valence-corrected chi connectivity index (χ1v) is 11.0. The second-order valence-corrected chi connectivity index (χ2v) is 9.04. The van der Waals surface area contributed by atoms with Crippen molar-refractivity contribution >= 4 is 11.6 Å². The molecule has 1 saturated carbocycles. The van der Waals surface area contributed by atoms with Crippen molar-refractivity contribution in [3.63, 3.8) is 0 Å². The second-order valence-electron chi connectivity index (χ2n) is 9.04. The molecule has 2 fully saturated rings. The number of carbonyl (C=O) groups is 1. The van der Waals surface area contributed by atoms with Crippen molar-refractivity contribution in [1.82, 2.24) is 14.7 Å². The number of carbonyl (C=O) groups excluding carboxylic acids is 1. The molecule has 5 rings (SSSR count). The topological polar surface area (TPSA) is 75.9 Å². The van der Waals surface area contributed by atoms with Crippen molar-refractivity contribution in [2.75, 3.05) is 13.2 Å². The zero-order chi connectivity index (χ0) is 24.3. The van der Waals surface area contributed by atoms with Crippen LogP contribution in [0.4, 0.5) is 17.6 Å². The summed E-state index contributed by atoms with van der Waals surface area (Å²) < 4.78 is 61.3. The van der Waals surface area contributed by atoms with Crippen LogP contribution in [0.25, 0.3) is 5.65 Å². The zero-order valence-electron chi connectivity index (χ0n) is 18.3. The van der Waals surface area contributed by atoms with Crippen LogP contribution in [0.5, 0.6) is 0 Å². The Balaban J connectivity index is 1.54. The lowest BCUT2D eigenvalue weighted by atomic mass is 9.79. The molecule has 0 unspecified atom stereocenters. The predicted octanol–water partition coefficient (Wildman–Crippen LogP) is 4.08. The molecule has 1 aliphatic heterocycles. The lowest BCUT2D eigenvalue weighted by molar-refractivity contribution is -0.137. The molecule has 6 nitrogen and oxygen atoms in total. The number of aliphatic hydroxyl groups excluding tert-OH is 1.